The van der Waals surface area contributed by atoms with E-state index in [1.165, 1.54) is 32.1 Å². The normalized spacial score (nSPS) is 14.6. The molecule has 7 heteroatoms. The van der Waals surface area contributed by atoms with Gasteiger partial charge in [-0.05, 0) is 36.9 Å². The number of unbranched alkanes of at least 4 members (excludes halogenated alkanes) is 7. The standard InChI is InChI=1S/C19H38N2O4S/c1-3-5-7-9-11-13-16(12-10-8-6-4-2)26(25)15-17(20)19(24)21-14-18(22)23/h16-17H,3-15,20H2,1-2H3,(H,21,24)(H,22,23)/t16?,17-,26?/m0/s1. The van der Waals surface area contributed by atoms with E-state index in [0.717, 1.165) is 38.5 Å². The molecule has 154 valence electrons. The van der Waals surface area contributed by atoms with E-state index in [2.05, 4.69) is 19.2 Å². The number of nitrogens with two attached hydrogens (primary N) is 1. The van der Waals surface area contributed by atoms with Crippen LogP contribution in [0.5, 0.6) is 0 Å². The summed E-state index contributed by atoms with van der Waals surface area (Å²) in [5.41, 5.74) is 5.81. The number of nitrogens with one attached hydrogen (secondary N) is 1. The highest BCUT2D eigenvalue weighted by atomic mass is 32.2. The summed E-state index contributed by atoms with van der Waals surface area (Å²) in [6.45, 7) is 3.89. The molecule has 0 aliphatic heterocycles. The Labute approximate surface area is 161 Å². The van der Waals surface area contributed by atoms with Gasteiger partial charge in [0.15, 0.2) is 0 Å². The van der Waals surface area contributed by atoms with Crippen LogP contribution in [-0.2, 0) is 20.8 Å². The number of carbonyl (C=O) groups is 2. The quantitative estimate of drug-likeness (QED) is 0.261. The lowest BCUT2D eigenvalue weighted by molar-refractivity contribution is -0.138. The molecule has 0 fully saturated rings. The molecule has 0 bridgehead atoms. The molecule has 0 saturated heterocycles. The smallest absolute Gasteiger partial charge is 0.322 e. The molecule has 2 unspecified atom stereocenters. The SMILES string of the molecule is CCCCCCCC(CCCCCC)[S+]([O-])C[C@H](N)C(=O)NCC(=O)O. The number of hydrogen-bond donors (Lipinski definition) is 3. The van der Waals surface area contributed by atoms with Crippen LogP contribution in [-0.4, -0.2) is 45.1 Å². The van der Waals surface area contributed by atoms with Gasteiger partial charge in [-0.15, -0.1) is 0 Å². The number of carboxylic acid groups (broad SMARTS) is 1. The minimum Gasteiger partial charge on any atom is -0.616 e. The number of amides is 1. The molecule has 6 nitrogen and oxygen atoms in total. The Morgan fingerprint density at radius 1 is 1.00 bits per heavy atom. The van der Waals surface area contributed by atoms with Crippen molar-refractivity contribution in [3.05, 3.63) is 0 Å². The largest absolute Gasteiger partial charge is 0.616 e. The predicted molar refractivity (Wildman–Crippen MR) is 108 cm³/mol. The molecule has 0 rings (SSSR count). The summed E-state index contributed by atoms with van der Waals surface area (Å²) >= 11 is -1.17. The van der Waals surface area contributed by atoms with E-state index in [1.54, 1.807) is 0 Å². The van der Waals surface area contributed by atoms with Crippen molar-refractivity contribution in [2.24, 2.45) is 5.73 Å². The summed E-state index contributed by atoms with van der Waals surface area (Å²) in [5.74, 6) is -1.57. The Morgan fingerprint density at radius 2 is 1.50 bits per heavy atom. The van der Waals surface area contributed by atoms with Gasteiger partial charge >= 0.3 is 5.97 Å². The van der Waals surface area contributed by atoms with E-state index < -0.39 is 35.6 Å². The molecule has 0 aromatic carbocycles. The molecular weight excluding hydrogens is 352 g/mol. The van der Waals surface area contributed by atoms with Crippen molar-refractivity contribution < 1.29 is 19.2 Å². The maximum Gasteiger partial charge on any atom is 0.322 e. The first-order valence-electron chi connectivity index (χ1n) is 10.0. The maximum absolute atomic E-state index is 12.7. The molecule has 1 amide bonds. The molecule has 3 atom stereocenters. The third-order valence-electron chi connectivity index (χ3n) is 4.48. The van der Waals surface area contributed by atoms with Crippen molar-refractivity contribution in [2.75, 3.05) is 12.3 Å². The summed E-state index contributed by atoms with van der Waals surface area (Å²) in [6.07, 6.45) is 12.2. The maximum atomic E-state index is 12.7. The van der Waals surface area contributed by atoms with Crippen molar-refractivity contribution in [3.8, 4) is 0 Å². The van der Waals surface area contributed by atoms with Gasteiger partial charge in [-0.1, -0.05) is 58.8 Å². The second-order valence-electron chi connectivity index (χ2n) is 6.94. The molecule has 0 aliphatic carbocycles. The fourth-order valence-corrected chi connectivity index (χ4v) is 4.50. The van der Waals surface area contributed by atoms with E-state index in [0.29, 0.717) is 0 Å². The highest BCUT2D eigenvalue weighted by Crippen LogP contribution is 2.20. The van der Waals surface area contributed by atoms with Gasteiger partial charge < -0.3 is 20.7 Å². The Balaban J connectivity index is 4.41. The minimum atomic E-state index is -1.17. The Kier molecular flexibility index (Phi) is 15.9. The van der Waals surface area contributed by atoms with E-state index in [1.807, 2.05) is 0 Å². The van der Waals surface area contributed by atoms with Gasteiger partial charge in [0, 0.05) is 0 Å². The van der Waals surface area contributed by atoms with E-state index in [9.17, 15) is 14.1 Å². The molecule has 26 heavy (non-hydrogen) atoms. The summed E-state index contributed by atoms with van der Waals surface area (Å²) in [5, 5.41) is 10.9. The summed E-state index contributed by atoms with van der Waals surface area (Å²) in [6, 6.07) is -0.923. The zero-order valence-electron chi connectivity index (χ0n) is 16.5. The van der Waals surface area contributed by atoms with Crippen molar-refractivity contribution in [3.63, 3.8) is 0 Å². The third-order valence-corrected chi connectivity index (χ3v) is 6.38. The Hall–Kier alpha value is -0.790. The van der Waals surface area contributed by atoms with E-state index in [4.69, 9.17) is 10.8 Å². The van der Waals surface area contributed by atoms with Gasteiger partial charge in [-0.25, -0.2) is 0 Å². The predicted octanol–water partition coefficient (Wildman–Crippen LogP) is 2.96. The molecule has 0 saturated carbocycles. The highest BCUT2D eigenvalue weighted by Gasteiger charge is 2.27. The van der Waals surface area contributed by atoms with Crippen LogP contribution in [0.25, 0.3) is 0 Å². The van der Waals surface area contributed by atoms with E-state index in [-0.39, 0.29) is 11.0 Å². The lowest BCUT2D eigenvalue weighted by Crippen LogP contribution is -2.47. The molecule has 0 aliphatic rings. The number of hydrogen-bond acceptors (Lipinski definition) is 4. The second kappa shape index (κ2) is 16.4. The monoisotopic (exact) mass is 390 g/mol. The van der Waals surface area contributed by atoms with Crippen LogP contribution in [0.3, 0.4) is 0 Å². The van der Waals surface area contributed by atoms with Gasteiger partial charge in [0.1, 0.15) is 23.6 Å². The summed E-state index contributed by atoms with van der Waals surface area (Å²) in [7, 11) is 0. The summed E-state index contributed by atoms with van der Waals surface area (Å²) in [4.78, 5) is 22.3. The molecular formula is C19H38N2O4S. The number of aliphatic carboxylic acids is 1. The van der Waals surface area contributed by atoms with Crippen LogP contribution in [0, 0.1) is 0 Å². The Morgan fingerprint density at radius 3 is 2.00 bits per heavy atom. The van der Waals surface area contributed by atoms with Crippen molar-refractivity contribution in [1.29, 1.82) is 0 Å². The highest BCUT2D eigenvalue weighted by molar-refractivity contribution is 7.92. The van der Waals surface area contributed by atoms with Crippen LogP contribution in [0.15, 0.2) is 0 Å². The fourth-order valence-electron chi connectivity index (χ4n) is 2.86. The van der Waals surface area contributed by atoms with Gasteiger partial charge in [-0.2, -0.15) is 0 Å². The van der Waals surface area contributed by atoms with Crippen LogP contribution < -0.4 is 11.1 Å². The zero-order valence-corrected chi connectivity index (χ0v) is 17.3. The molecule has 0 radical (unpaired) electrons. The minimum absolute atomic E-state index is 0.0757. The topological polar surface area (TPSA) is 115 Å². The second-order valence-corrected chi connectivity index (χ2v) is 8.70. The first-order valence-corrected chi connectivity index (χ1v) is 11.4. The average Bonchev–Trinajstić information content (AvgIpc) is 2.60. The first kappa shape index (κ1) is 25.2. The van der Waals surface area contributed by atoms with Gasteiger partial charge in [0.25, 0.3) is 0 Å². The molecule has 0 aromatic heterocycles. The van der Waals surface area contributed by atoms with Gasteiger partial charge in [0.2, 0.25) is 5.91 Å². The van der Waals surface area contributed by atoms with Crippen molar-refractivity contribution in [1.82, 2.24) is 5.32 Å². The number of carboxylic acids is 1. The summed E-state index contributed by atoms with van der Waals surface area (Å²) < 4.78 is 12.7. The average molecular weight is 391 g/mol. The van der Waals surface area contributed by atoms with Crippen LogP contribution >= 0.6 is 0 Å². The fraction of sp³-hybridized carbons (Fsp3) is 0.895. The Bertz CT molecular complexity index is 383. The molecule has 0 heterocycles. The third kappa shape index (κ3) is 13.4. The zero-order chi connectivity index (χ0) is 19.8. The van der Waals surface area contributed by atoms with Gasteiger partial charge in [0.05, 0.1) is 0 Å². The molecule has 0 spiro atoms. The number of rotatable bonds is 17. The molecule has 4 N–H and O–H groups in total. The lowest BCUT2D eigenvalue weighted by Gasteiger charge is -2.24. The first-order chi connectivity index (χ1) is 12.4. The van der Waals surface area contributed by atoms with E-state index >= 15 is 0 Å². The van der Waals surface area contributed by atoms with Crippen molar-refractivity contribution in [2.45, 2.75) is 95.8 Å². The van der Waals surface area contributed by atoms with Crippen molar-refractivity contribution >= 4 is 23.1 Å². The van der Waals surface area contributed by atoms with Crippen LogP contribution in [0.2, 0.25) is 0 Å². The number of carbonyl (C=O) groups excluding carboxylic acids is 1. The lowest BCUT2D eigenvalue weighted by atomic mass is 10.0. The van der Waals surface area contributed by atoms with Gasteiger partial charge in [-0.3, -0.25) is 9.59 Å². The molecule has 0 aromatic rings. The van der Waals surface area contributed by atoms with Crippen LogP contribution in [0.1, 0.15) is 84.5 Å². The van der Waals surface area contributed by atoms with Crippen LogP contribution in [0.4, 0.5) is 0 Å².